The molecule has 0 atom stereocenters. The second-order valence-electron chi connectivity index (χ2n) is 3.64. The molecule has 15 heavy (non-hydrogen) atoms. The van der Waals surface area contributed by atoms with Gasteiger partial charge in [-0.25, -0.2) is 4.98 Å². The van der Waals surface area contributed by atoms with E-state index >= 15 is 0 Å². The van der Waals surface area contributed by atoms with E-state index in [9.17, 15) is 13.2 Å². The highest BCUT2D eigenvalue weighted by molar-refractivity contribution is 5.25. The standard InChI is InChI=1S/C10H9F3N2/c1-9(2,6-14)7-4-3-5-8(15-7)10(11,12)13/h3-5H,1-2H3. The van der Waals surface area contributed by atoms with Crippen molar-refractivity contribution in [1.82, 2.24) is 4.98 Å². The zero-order valence-corrected chi connectivity index (χ0v) is 8.26. The Morgan fingerprint density at radius 2 is 1.73 bits per heavy atom. The highest BCUT2D eigenvalue weighted by Crippen LogP contribution is 2.29. The molecule has 1 heterocycles. The molecular formula is C10H9F3N2. The van der Waals surface area contributed by atoms with Crippen LogP contribution in [0.2, 0.25) is 0 Å². The zero-order chi connectivity index (χ0) is 11.7. The van der Waals surface area contributed by atoms with Gasteiger partial charge in [-0.2, -0.15) is 18.4 Å². The smallest absolute Gasteiger partial charge is 0.247 e. The molecule has 0 amide bonds. The van der Waals surface area contributed by atoms with Crippen LogP contribution in [0.3, 0.4) is 0 Å². The first-order valence-electron chi connectivity index (χ1n) is 4.23. The van der Waals surface area contributed by atoms with Crippen LogP contribution in [-0.2, 0) is 11.6 Å². The Labute approximate surface area is 85.4 Å². The normalized spacial score (nSPS) is 12.3. The Morgan fingerprint density at radius 1 is 1.20 bits per heavy atom. The average molecular weight is 214 g/mol. The van der Waals surface area contributed by atoms with Crippen LogP contribution in [0.5, 0.6) is 0 Å². The first-order chi connectivity index (χ1) is 6.77. The summed E-state index contributed by atoms with van der Waals surface area (Å²) in [7, 11) is 0. The fourth-order valence-electron chi connectivity index (χ4n) is 0.998. The predicted molar refractivity (Wildman–Crippen MR) is 47.9 cm³/mol. The summed E-state index contributed by atoms with van der Waals surface area (Å²) >= 11 is 0. The Hall–Kier alpha value is -1.57. The average Bonchev–Trinajstić information content (AvgIpc) is 2.17. The monoisotopic (exact) mass is 214 g/mol. The fraction of sp³-hybridized carbons (Fsp3) is 0.400. The van der Waals surface area contributed by atoms with Gasteiger partial charge in [-0.3, -0.25) is 0 Å². The van der Waals surface area contributed by atoms with E-state index in [-0.39, 0.29) is 5.69 Å². The van der Waals surface area contributed by atoms with Crippen molar-refractivity contribution in [3.63, 3.8) is 0 Å². The maximum Gasteiger partial charge on any atom is 0.433 e. The van der Waals surface area contributed by atoms with Crippen LogP contribution >= 0.6 is 0 Å². The molecule has 1 aromatic heterocycles. The van der Waals surface area contributed by atoms with Crippen molar-refractivity contribution in [2.45, 2.75) is 25.4 Å². The third-order valence-corrected chi connectivity index (χ3v) is 1.96. The number of nitriles is 1. The van der Waals surface area contributed by atoms with Gasteiger partial charge in [-0.1, -0.05) is 6.07 Å². The van der Waals surface area contributed by atoms with Crippen LogP contribution in [0.4, 0.5) is 13.2 Å². The number of pyridine rings is 1. The molecule has 5 heteroatoms. The van der Waals surface area contributed by atoms with Crippen molar-refractivity contribution in [2.75, 3.05) is 0 Å². The van der Waals surface area contributed by atoms with Crippen LogP contribution in [0, 0.1) is 11.3 Å². The largest absolute Gasteiger partial charge is 0.433 e. The lowest BCUT2D eigenvalue weighted by Crippen LogP contribution is -2.19. The lowest BCUT2D eigenvalue weighted by molar-refractivity contribution is -0.141. The summed E-state index contributed by atoms with van der Waals surface area (Å²) < 4.78 is 36.9. The number of hydrogen-bond donors (Lipinski definition) is 0. The number of rotatable bonds is 1. The Balaban J connectivity index is 3.22. The molecular weight excluding hydrogens is 205 g/mol. The van der Waals surface area contributed by atoms with Crippen molar-refractivity contribution in [3.05, 3.63) is 29.6 Å². The molecule has 0 fully saturated rings. The minimum atomic E-state index is -4.47. The van der Waals surface area contributed by atoms with Gasteiger partial charge in [-0.15, -0.1) is 0 Å². The van der Waals surface area contributed by atoms with E-state index in [1.54, 1.807) is 0 Å². The summed E-state index contributed by atoms with van der Waals surface area (Å²) in [6.07, 6.45) is -4.47. The van der Waals surface area contributed by atoms with Crippen molar-refractivity contribution in [1.29, 1.82) is 5.26 Å². The molecule has 0 saturated carbocycles. The van der Waals surface area contributed by atoms with Crippen molar-refractivity contribution in [2.24, 2.45) is 0 Å². The van der Waals surface area contributed by atoms with E-state index in [0.29, 0.717) is 0 Å². The van der Waals surface area contributed by atoms with E-state index in [2.05, 4.69) is 4.98 Å². The molecule has 80 valence electrons. The first-order valence-corrected chi connectivity index (χ1v) is 4.23. The van der Waals surface area contributed by atoms with Gasteiger partial charge in [0.15, 0.2) is 0 Å². The van der Waals surface area contributed by atoms with Crippen LogP contribution < -0.4 is 0 Å². The SMILES string of the molecule is CC(C)(C#N)c1cccc(C(F)(F)F)n1. The third kappa shape index (κ3) is 2.46. The van der Waals surface area contributed by atoms with Crippen molar-refractivity contribution >= 4 is 0 Å². The van der Waals surface area contributed by atoms with E-state index < -0.39 is 17.3 Å². The molecule has 0 saturated heterocycles. The van der Waals surface area contributed by atoms with Gasteiger partial charge in [0.1, 0.15) is 5.69 Å². The molecule has 0 bridgehead atoms. The maximum absolute atomic E-state index is 12.3. The second-order valence-corrected chi connectivity index (χ2v) is 3.64. The van der Waals surface area contributed by atoms with E-state index in [1.165, 1.54) is 26.0 Å². The van der Waals surface area contributed by atoms with E-state index in [1.807, 2.05) is 6.07 Å². The number of alkyl halides is 3. The molecule has 0 N–H and O–H groups in total. The molecule has 1 rings (SSSR count). The van der Waals surface area contributed by atoms with Gasteiger partial charge >= 0.3 is 6.18 Å². The number of nitrogens with zero attached hydrogens (tertiary/aromatic N) is 2. The molecule has 1 aromatic rings. The van der Waals surface area contributed by atoms with Crippen LogP contribution in [0.1, 0.15) is 25.2 Å². The summed E-state index contributed by atoms with van der Waals surface area (Å²) in [6.45, 7) is 3.05. The van der Waals surface area contributed by atoms with Crippen LogP contribution in [-0.4, -0.2) is 4.98 Å². The molecule has 0 aromatic carbocycles. The van der Waals surface area contributed by atoms with Gasteiger partial charge in [0.2, 0.25) is 0 Å². The van der Waals surface area contributed by atoms with Gasteiger partial charge in [0.05, 0.1) is 17.2 Å². The molecule has 0 radical (unpaired) electrons. The van der Waals surface area contributed by atoms with Gasteiger partial charge in [0.25, 0.3) is 0 Å². The summed E-state index contributed by atoms with van der Waals surface area (Å²) in [6, 6.07) is 5.46. The molecule has 2 nitrogen and oxygen atoms in total. The molecule has 0 aliphatic heterocycles. The molecule has 0 aliphatic rings. The summed E-state index contributed by atoms with van der Waals surface area (Å²) in [5.74, 6) is 0. The lowest BCUT2D eigenvalue weighted by Gasteiger charge is -2.16. The lowest BCUT2D eigenvalue weighted by atomic mass is 9.91. The Morgan fingerprint density at radius 3 is 2.20 bits per heavy atom. The minimum absolute atomic E-state index is 0.125. The summed E-state index contributed by atoms with van der Waals surface area (Å²) in [5, 5.41) is 8.77. The maximum atomic E-state index is 12.3. The number of hydrogen-bond acceptors (Lipinski definition) is 2. The quantitative estimate of drug-likeness (QED) is 0.720. The fourth-order valence-corrected chi connectivity index (χ4v) is 0.998. The highest BCUT2D eigenvalue weighted by atomic mass is 19.4. The third-order valence-electron chi connectivity index (χ3n) is 1.96. The first kappa shape index (κ1) is 11.5. The van der Waals surface area contributed by atoms with Gasteiger partial charge < -0.3 is 0 Å². The predicted octanol–water partition coefficient (Wildman–Crippen LogP) is 2.90. The zero-order valence-electron chi connectivity index (χ0n) is 8.26. The van der Waals surface area contributed by atoms with Crippen molar-refractivity contribution < 1.29 is 13.2 Å². The van der Waals surface area contributed by atoms with E-state index in [0.717, 1.165) is 6.07 Å². The molecule has 0 spiro atoms. The topological polar surface area (TPSA) is 36.7 Å². The Kier molecular flexibility index (Phi) is 2.71. The highest BCUT2D eigenvalue weighted by Gasteiger charge is 2.34. The van der Waals surface area contributed by atoms with Gasteiger partial charge in [0, 0.05) is 0 Å². The van der Waals surface area contributed by atoms with E-state index in [4.69, 9.17) is 5.26 Å². The number of halogens is 3. The minimum Gasteiger partial charge on any atom is -0.247 e. The van der Waals surface area contributed by atoms with Gasteiger partial charge in [-0.05, 0) is 26.0 Å². The summed E-state index contributed by atoms with van der Waals surface area (Å²) in [5.41, 5.74) is -1.86. The second kappa shape index (κ2) is 3.54. The van der Waals surface area contributed by atoms with Crippen LogP contribution in [0.15, 0.2) is 18.2 Å². The molecule has 0 aliphatic carbocycles. The van der Waals surface area contributed by atoms with Crippen LogP contribution in [0.25, 0.3) is 0 Å². The Bertz CT molecular complexity index is 402. The molecule has 0 unspecified atom stereocenters. The summed E-state index contributed by atoms with van der Waals surface area (Å²) in [4.78, 5) is 3.44. The number of aromatic nitrogens is 1. The van der Waals surface area contributed by atoms with Crippen molar-refractivity contribution in [3.8, 4) is 6.07 Å².